The van der Waals surface area contributed by atoms with Crippen LogP contribution in [0.5, 0.6) is 0 Å². The number of carbonyl (C=O) groups excluding carboxylic acids is 2. The molecule has 0 aliphatic heterocycles. The van der Waals surface area contributed by atoms with Gasteiger partial charge in [-0.1, -0.05) is 68.4 Å². The van der Waals surface area contributed by atoms with Gasteiger partial charge in [0.2, 0.25) is 11.8 Å². The molecule has 0 fully saturated rings. The molecule has 0 aromatic heterocycles. The maximum absolute atomic E-state index is 13.2. The van der Waals surface area contributed by atoms with Crippen molar-refractivity contribution in [1.82, 2.24) is 10.2 Å². The molecule has 0 saturated heterocycles. The number of thioether (sulfide) groups is 1. The van der Waals surface area contributed by atoms with Gasteiger partial charge in [0.1, 0.15) is 6.04 Å². The van der Waals surface area contributed by atoms with Crippen molar-refractivity contribution in [2.45, 2.75) is 64.8 Å². The van der Waals surface area contributed by atoms with Gasteiger partial charge in [-0.15, -0.1) is 11.8 Å². The summed E-state index contributed by atoms with van der Waals surface area (Å²) >= 11 is 1.61. The molecule has 5 heteroatoms. The van der Waals surface area contributed by atoms with Crippen molar-refractivity contribution >= 4 is 23.6 Å². The summed E-state index contributed by atoms with van der Waals surface area (Å²) in [6, 6.07) is 18.1. The van der Waals surface area contributed by atoms with Crippen LogP contribution < -0.4 is 5.32 Å². The third-order valence-electron chi connectivity index (χ3n) is 5.62. The SMILES string of the molecule is CCC(C)NC(=O)C(CC)N(CCc1ccccc1)C(=O)CSCc1ccccc1C. The normalized spacial score (nSPS) is 12.8. The topological polar surface area (TPSA) is 49.4 Å². The van der Waals surface area contributed by atoms with Gasteiger partial charge < -0.3 is 10.2 Å². The van der Waals surface area contributed by atoms with Crippen molar-refractivity contribution in [3.8, 4) is 0 Å². The fraction of sp³-hybridized carbons (Fsp3) is 0.462. The monoisotopic (exact) mass is 440 g/mol. The number of nitrogens with zero attached hydrogens (tertiary/aromatic N) is 1. The van der Waals surface area contributed by atoms with Crippen LogP contribution in [0.2, 0.25) is 0 Å². The van der Waals surface area contributed by atoms with E-state index in [1.54, 1.807) is 16.7 Å². The van der Waals surface area contributed by atoms with Crippen molar-refractivity contribution < 1.29 is 9.59 Å². The third-order valence-corrected chi connectivity index (χ3v) is 6.58. The van der Waals surface area contributed by atoms with E-state index in [-0.39, 0.29) is 17.9 Å². The molecule has 2 aromatic carbocycles. The predicted octanol–water partition coefficient (Wildman–Crippen LogP) is 4.99. The number of hydrogen-bond acceptors (Lipinski definition) is 3. The quantitative estimate of drug-likeness (QED) is 0.506. The second kappa shape index (κ2) is 13.2. The second-order valence-electron chi connectivity index (χ2n) is 7.98. The van der Waals surface area contributed by atoms with Gasteiger partial charge in [-0.05, 0) is 49.8 Å². The lowest BCUT2D eigenvalue weighted by atomic mass is 10.1. The lowest BCUT2D eigenvalue weighted by Gasteiger charge is -2.31. The van der Waals surface area contributed by atoms with E-state index in [0.29, 0.717) is 18.7 Å². The summed E-state index contributed by atoms with van der Waals surface area (Å²) in [6.07, 6.45) is 2.21. The Morgan fingerprint density at radius 2 is 1.68 bits per heavy atom. The molecule has 1 N–H and O–H groups in total. The summed E-state index contributed by atoms with van der Waals surface area (Å²) in [5.74, 6) is 1.14. The molecular formula is C26H36N2O2S. The summed E-state index contributed by atoms with van der Waals surface area (Å²) in [6.45, 7) is 8.66. The van der Waals surface area contributed by atoms with Crippen molar-refractivity contribution in [1.29, 1.82) is 0 Å². The Kier molecular flexibility index (Phi) is 10.6. The largest absolute Gasteiger partial charge is 0.352 e. The highest BCUT2D eigenvalue weighted by molar-refractivity contribution is 7.99. The van der Waals surface area contributed by atoms with Crippen molar-refractivity contribution in [2.24, 2.45) is 0 Å². The van der Waals surface area contributed by atoms with Crippen molar-refractivity contribution in [3.05, 3.63) is 71.3 Å². The summed E-state index contributed by atoms with van der Waals surface area (Å²) < 4.78 is 0. The molecule has 0 aliphatic rings. The molecule has 2 rings (SSSR count). The minimum atomic E-state index is -0.440. The van der Waals surface area contributed by atoms with Crippen LogP contribution in [0.3, 0.4) is 0 Å². The van der Waals surface area contributed by atoms with Crippen LogP contribution >= 0.6 is 11.8 Å². The van der Waals surface area contributed by atoms with E-state index in [0.717, 1.165) is 18.6 Å². The van der Waals surface area contributed by atoms with E-state index < -0.39 is 6.04 Å². The van der Waals surface area contributed by atoms with Gasteiger partial charge in [0.25, 0.3) is 0 Å². The van der Waals surface area contributed by atoms with Crippen LogP contribution in [0.1, 0.15) is 50.3 Å². The van der Waals surface area contributed by atoms with Crippen LogP contribution in [-0.4, -0.2) is 41.1 Å². The molecule has 0 heterocycles. The summed E-state index contributed by atoms with van der Waals surface area (Å²) in [4.78, 5) is 27.9. The second-order valence-corrected chi connectivity index (χ2v) is 8.97. The lowest BCUT2D eigenvalue weighted by Crippen LogP contribution is -2.52. The molecule has 0 saturated carbocycles. The molecular weight excluding hydrogens is 404 g/mol. The predicted molar refractivity (Wildman–Crippen MR) is 131 cm³/mol. The molecule has 2 aromatic rings. The Labute approximate surface area is 191 Å². The smallest absolute Gasteiger partial charge is 0.243 e. The van der Waals surface area contributed by atoms with Crippen LogP contribution in [0.4, 0.5) is 0 Å². The zero-order chi connectivity index (χ0) is 22.6. The first-order chi connectivity index (χ1) is 15.0. The first-order valence-electron chi connectivity index (χ1n) is 11.2. The lowest BCUT2D eigenvalue weighted by molar-refractivity contribution is -0.139. The average Bonchev–Trinajstić information content (AvgIpc) is 2.78. The third kappa shape index (κ3) is 8.06. The number of aryl methyl sites for hydroxylation is 1. The highest BCUT2D eigenvalue weighted by Crippen LogP contribution is 2.18. The average molecular weight is 441 g/mol. The Balaban J connectivity index is 2.07. The van der Waals surface area contributed by atoms with Crippen LogP contribution in [0.15, 0.2) is 54.6 Å². The Morgan fingerprint density at radius 3 is 2.32 bits per heavy atom. The molecule has 2 amide bonds. The fourth-order valence-electron chi connectivity index (χ4n) is 3.44. The van der Waals surface area contributed by atoms with Gasteiger partial charge in [-0.2, -0.15) is 0 Å². The van der Waals surface area contributed by atoms with E-state index in [9.17, 15) is 9.59 Å². The van der Waals surface area contributed by atoms with E-state index in [1.807, 2.05) is 51.1 Å². The first kappa shape index (κ1) is 25.0. The van der Waals surface area contributed by atoms with E-state index >= 15 is 0 Å². The Morgan fingerprint density at radius 1 is 1.00 bits per heavy atom. The van der Waals surface area contributed by atoms with Gasteiger partial charge in [0.05, 0.1) is 5.75 Å². The number of rotatable bonds is 12. The minimum absolute atomic E-state index is 0.0284. The fourth-order valence-corrected chi connectivity index (χ4v) is 4.43. The maximum atomic E-state index is 13.2. The molecule has 0 bridgehead atoms. The van der Waals surface area contributed by atoms with E-state index in [2.05, 4.69) is 36.5 Å². The van der Waals surface area contributed by atoms with Crippen LogP contribution in [0, 0.1) is 6.92 Å². The molecule has 4 nitrogen and oxygen atoms in total. The van der Waals surface area contributed by atoms with E-state index in [1.165, 1.54) is 16.7 Å². The highest BCUT2D eigenvalue weighted by Gasteiger charge is 2.28. The molecule has 0 aliphatic carbocycles. The molecule has 0 spiro atoms. The van der Waals surface area contributed by atoms with Crippen LogP contribution in [-0.2, 0) is 21.8 Å². The molecule has 0 radical (unpaired) electrons. The number of carbonyl (C=O) groups is 2. The standard InChI is InChI=1S/C26H36N2O2S/c1-5-21(4)27-26(30)24(6-2)28(17-16-22-13-8-7-9-14-22)25(29)19-31-18-23-15-11-10-12-20(23)3/h7-15,21,24H,5-6,16-19H2,1-4H3,(H,27,30). The molecule has 31 heavy (non-hydrogen) atoms. The number of nitrogens with one attached hydrogen (secondary N) is 1. The van der Waals surface area contributed by atoms with Crippen LogP contribution in [0.25, 0.3) is 0 Å². The zero-order valence-corrected chi connectivity index (χ0v) is 20.1. The van der Waals surface area contributed by atoms with Gasteiger partial charge in [0.15, 0.2) is 0 Å². The highest BCUT2D eigenvalue weighted by atomic mass is 32.2. The van der Waals surface area contributed by atoms with Gasteiger partial charge in [0, 0.05) is 18.3 Å². The Bertz CT molecular complexity index is 825. The first-order valence-corrected chi connectivity index (χ1v) is 12.4. The Hall–Kier alpha value is -2.27. The maximum Gasteiger partial charge on any atom is 0.243 e. The summed E-state index contributed by atoms with van der Waals surface area (Å²) in [5.41, 5.74) is 3.66. The summed E-state index contributed by atoms with van der Waals surface area (Å²) in [5, 5.41) is 3.06. The van der Waals surface area contributed by atoms with E-state index in [4.69, 9.17) is 0 Å². The molecule has 2 atom stereocenters. The van der Waals surface area contributed by atoms with Gasteiger partial charge in [-0.25, -0.2) is 0 Å². The van der Waals surface area contributed by atoms with Crippen molar-refractivity contribution in [3.63, 3.8) is 0 Å². The van der Waals surface area contributed by atoms with Gasteiger partial charge in [-0.3, -0.25) is 9.59 Å². The minimum Gasteiger partial charge on any atom is -0.352 e. The van der Waals surface area contributed by atoms with Crippen molar-refractivity contribution in [2.75, 3.05) is 12.3 Å². The number of benzene rings is 2. The number of amides is 2. The summed E-state index contributed by atoms with van der Waals surface area (Å²) in [7, 11) is 0. The number of hydrogen-bond donors (Lipinski definition) is 1. The molecule has 168 valence electrons. The zero-order valence-electron chi connectivity index (χ0n) is 19.3. The van der Waals surface area contributed by atoms with Gasteiger partial charge >= 0.3 is 0 Å². The molecule has 2 unspecified atom stereocenters.